The third kappa shape index (κ3) is 5.00. The molecule has 3 rings (SSSR count). The van der Waals surface area contributed by atoms with Crippen LogP contribution in [-0.4, -0.2) is 81.7 Å². The van der Waals surface area contributed by atoms with Crippen molar-refractivity contribution in [2.45, 2.75) is 38.1 Å². The van der Waals surface area contributed by atoms with Crippen molar-refractivity contribution >= 4 is 18.4 Å². The van der Waals surface area contributed by atoms with E-state index in [4.69, 9.17) is 0 Å². The number of aromatic nitrogens is 2. The van der Waals surface area contributed by atoms with Crippen molar-refractivity contribution in [2.75, 3.05) is 44.2 Å². The van der Waals surface area contributed by atoms with Gasteiger partial charge in [0.2, 0.25) is 5.95 Å². The third-order valence-electron chi connectivity index (χ3n) is 4.79. The van der Waals surface area contributed by atoms with Crippen LogP contribution in [0, 0.1) is 0 Å². The number of rotatable bonds is 5. The van der Waals surface area contributed by atoms with Crippen LogP contribution in [-0.2, 0) is 0 Å². The van der Waals surface area contributed by atoms with Crippen molar-refractivity contribution in [3.63, 3.8) is 0 Å². The number of likely N-dealkylation sites (tertiary alicyclic amines) is 1. The van der Waals surface area contributed by atoms with Gasteiger partial charge in [0.1, 0.15) is 12.5 Å². The predicted octanol–water partition coefficient (Wildman–Crippen LogP) is 0.533. The Morgan fingerprint density at radius 1 is 0.958 bits per heavy atom. The molecular formula is C16H28ClN5O2. The van der Waals surface area contributed by atoms with Gasteiger partial charge in [-0.2, -0.15) is 0 Å². The first-order chi connectivity index (χ1) is 11.2. The minimum Gasteiger partial charge on any atom is -0.378 e. The highest BCUT2D eigenvalue weighted by atomic mass is 35.5. The van der Waals surface area contributed by atoms with E-state index in [-0.39, 0.29) is 12.4 Å². The third-order valence-corrected chi connectivity index (χ3v) is 4.79. The van der Waals surface area contributed by atoms with Crippen molar-refractivity contribution in [2.24, 2.45) is 0 Å². The minimum absolute atomic E-state index is 0. The average Bonchev–Trinajstić information content (AvgIpc) is 2.59. The fourth-order valence-electron chi connectivity index (χ4n) is 3.41. The highest BCUT2D eigenvalue weighted by Gasteiger charge is 2.27. The van der Waals surface area contributed by atoms with Gasteiger partial charge in [-0.15, -0.1) is 12.4 Å². The van der Waals surface area contributed by atoms with Gasteiger partial charge in [-0.25, -0.2) is 9.97 Å². The van der Waals surface area contributed by atoms with Crippen molar-refractivity contribution in [1.82, 2.24) is 19.8 Å². The Balaban J connectivity index is 0.00000208. The van der Waals surface area contributed by atoms with Crippen molar-refractivity contribution < 1.29 is 10.2 Å². The number of hydrogen-bond acceptors (Lipinski definition) is 7. The van der Waals surface area contributed by atoms with E-state index in [1.165, 1.54) is 0 Å². The van der Waals surface area contributed by atoms with Crippen LogP contribution in [0.3, 0.4) is 0 Å². The van der Waals surface area contributed by atoms with E-state index >= 15 is 0 Å². The second kappa shape index (κ2) is 9.48. The molecule has 2 aliphatic heterocycles. The minimum atomic E-state index is -0.481. The van der Waals surface area contributed by atoms with Crippen molar-refractivity contribution in [3.8, 4) is 0 Å². The van der Waals surface area contributed by atoms with Crippen LogP contribution in [0.4, 0.5) is 5.95 Å². The fraction of sp³-hybridized carbons (Fsp3) is 0.750. The van der Waals surface area contributed by atoms with Gasteiger partial charge in [-0.05, 0) is 38.3 Å². The Morgan fingerprint density at radius 2 is 1.58 bits per heavy atom. The molecule has 3 heterocycles. The number of hydrogen-bond donors (Lipinski definition) is 2. The number of nitrogens with zero attached hydrogens (tertiary/aromatic N) is 5. The lowest BCUT2D eigenvalue weighted by molar-refractivity contribution is -0.131. The monoisotopic (exact) mass is 357 g/mol. The Hall–Kier alpha value is -0.990. The van der Waals surface area contributed by atoms with Gasteiger partial charge in [-0.1, -0.05) is 0 Å². The van der Waals surface area contributed by atoms with Gasteiger partial charge in [0.15, 0.2) is 0 Å². The molecule has 8 heteroatoms. The summed E-state index contributed by atoms with van der Waals surface area (Å²) in [6.07, 6.45) is 6.02. The van der Waals surface area contributed by atoms with Crippen LogP contribution in [0.1, 0.15) is 25.7 Å². The molecule has 2 N–H and O–H groups in total. The normalized spacial score (nSPS) is 26.2. The summed E-state index contributed by atoms with van der Waals surface area (Å²) in [6.45, 7) is 5.65. The van der Waals surface area contributed by atoms with Crippen molar-refractivity contribution in [1.29, 1.82) is 0 Å². The SMILES string of the molecule is Cl.OC1CCCC(O)N1CCCN1CCN(c2ncccn2)CC1. The Bertz CT molecular complexity index is 463. The van der Waals surface area contributed by atoms with E-state index in [0.29, 0.717) is 0 Å². The summed E-state index contributed by atoms with van der Waals surface area (Å²) in [5, 5.41) is 19.9. The molecule has 1 aromatic rings. The summed E-state index contributed by atoms with van der Waals surface area (Å²) in [5.74, 6) is 0.812. The number of piperazine rings is 1. The molecule has 0 aliphatic carbocycles. The van der Waals surface area contributed by atoms with E-state index in [0.717, 1.165) is 70.9 Å². The van der Waals surface area contributed by atoms with E-state index in [2.05, 4.69) is 19.8 Å². The lowest BCUT2D eigenvalue weighted by Crippen LogP contribution is -2.49. The van der Waals surface area contributed by atoms with Crippen LogP contribution in [0.2, 0.25) is 0 Å². The molecule has 2 fully saturated rings. The van der Waals surface area contributed by atoms with Gasteiger partial charge in [0, 0.05) is 45.1 Å². The molecule has 0 aromatic carbocycles. The van der Waals surface area contributed by atoms with Crippen LogP contribution in [0.25, 0.3) is 0 Å². The molecule has 0 radical (unpaired) electrons. The zero-order valence-corrected chi connectivity index (χ0v) is 14.8. The topological polar surface area (TPSA) is 76.0 Å². The number of halogens is 1. The number of aliphatic hydroxyl groups is 2. The van der Waals surface area contributed by atoms with Gasteiger partial charge in [0.25, 0.3) is 0 Å². The van der Waals surface area contributed by atoms with Crippen LogP contribution in [0.15, 0.2) is 18.5 Å². The molecule has 0 bridgehead atoms. The van der Waals surface area contributed by atoms with E-state index in [1.807, 2.05) is 11.0 Å². The van der Waals surface area contributed by atoms with Crippen LogP contribution in [0.5, 0.6) is 0 Å². The molecule has 2 unspecified atom stereocenters. The second-order valence-electron chi connectivity index (χ2n) is 6.36. The molecule has 7 nitrogen and oxygen atoms in total. The van der Waals surface area contributed by atoms with Gasteiger partial charge >= 0.3 is 0 Å². The van der Waals surface area contributed by atoms with Crippen LogP contribution >= 0.6 is 12.4 Å². The van der Waals surface area contributed by atoms with E-state index in [9.17, 15) is 10.2 Å². The lowest BCUT2D eigenvalue weighted by atomic mass is 10.1. The van der Waals surface area contributed by atoms with Crippen LogP contribution < -0.4 is 4.90 Å². The molecule has 136 valence electrons. The Morgan fingerprint density at radius 3 is 2.21 bits per heavy atom. The van der Waals surface area contributed by atoms with Crippen molar-refractivity contribution in [3.05, 3.63) is 18.5 Å². The molecule has 0 amide bonds. The lowest BCUT2D eigenvalue weighted by Gasteiger charge is -2.38. The maximum atomic E-state index is 9.97. The fourth-order valence-corrected chi connectivity index (χ4v) is 3.41. The molecule has 2 atom stereocenters. The molecule has 2 aliphatic rings. The number of piperidine rings is 1. The average molecular weight is 358 g/mol. The first kappa shape index (κ1) is 19.3. The zero-order valence-electron chi connectivity index (χ0n) is 14.0. The van der Waals surface area contributed by atoms with E-state index in [1.54, 1.807) is 12.4 Å². The Kier molecular flexibility index (Phi) is 7.64. The number of aliphatic hydroxyl groups excluding tert-OH is 2. The first-order valence-electron chi connectivity index (χ1n) is 8.60. The van der Waals surface area contributed by atoms with Gasteiger partial charge in [-0.3, -0.25) is 9.80 Å². The maximum absolute atomic E-state index is 9.97. The summed E-state index contributed by atoms with van der Waals surface area (Å²) >= 11 is 0. The second-order valence-corrected chi connectivity index (χ2v) is 6.36. The molecule has 0 saturated carbocycles. The van der Waals surface area contributed by atoms with Gasteiger partial charge in [0.05, 0.1) is 0 Å². The van der Waals surface area contributed by atoms with Gasteiger partial charge < -0.3 is 15.1 Å². The smallest absolute Gasteiger partial charge is 0.225 e. The molecule has 2 saturated heterocycles. The summed E-state index contributed by atoms with van der Waals surface area (Å²) < 4.78 is 0. The standard InChI is InChI=1S/C16H27N5O2.ClH/c22-14-4-1-5-15(23)21(14)9-3-8-19-10-12-20(13-11-19)16-17-6-2-7-18-16;/h2,6-7,14-15,22-23H,1,3-5,8-13H2;1H. The Labute approximate surface area is 149 Å². The summed E-state index contributed by atoms with van der Waals surface area (Å²) in [6, 6.07) is 1.84. The number of anilines is 1. The van der Waals surface area contributed by atoms with E-state index < -0.39 is 12.5 Å². The molecule has 24 heavy (non-hydrogen) atoms. The largest absolute Gasteiger partial charge is 0.378 e. The predicted molar refractivity (Wildman–Crippen MR) is 95.1 cm³/mol. The molecular weight excluding hydrogens is 330 g/mol. The summed E-state index contributed by atoms with van der Waals surface area (Å²) in [5.41, 5.74) is 0. The summed E-state index contributed by atoms with van der Waals surface area (Å²) in [7, 11) is 0. The molecule has 1 aromatic heterocycles. The zero-order chi connectivity index (χ0) is 16.1. The maximum Gasteiger partial charge on any atom is 0.225 e. The first-order valence-corrected chi connectivity index (χ1v) is 8.60. The highest BCUT2D eigenvalue weighted by molar-refractivity contribution is 5.85. The molecule has 0 spiro atoms. The highest BCUT2D eigenvalue weighted by Crippen LogP contribution is 2.20. The quantitative estimate of drug-likeness (QED) is 0.796. The summed E-state index contributed by atoms with van der Waals surface area (Å²) in [4.78, 5) is 15.1.